The van der Waals surface area contributed by atoms with Crippen molar-refractivity contribution in [1.82, 2.24) is 5.32 Å². The van der Waals surface area contributed by atoms with Gasteiger partial charge in [-0.25, -0.2) is 9.59 Å². The van der Waals surface area contributed by atoms with Crippen LogP contribution < -0.4 is 15.0 Å². The summed E-state index contributed by atoms with van der Waals surface area (Å²) >= 11 is 1.61. The van der Waals surface area contributed by atoms with Gasteiger partial charge in [-0.15, -0.1) is 11.3 Å². The predicted molar refractivity (Wildman–Crippen MR) is 135 cm³/mol. The van der Waals surface area contributed by atoms with E-state index in [1.54, 1.807) is 23.3 Å². The van der Waals surface area contributed by atoms with Crippen LogP contribution in [0.3, 0.4) is 0 Å². The van der Waals surface area contributed by atoms with Crippen molar-refractivity contribution >= 4 is 29.1 Å². The van der Waals surface area contributed by atoms with Crippen molar-refractivity contribution in [2.75, 3.05) is 19.1 Å². The number of rotatable bonds is 7. The first kappa shape index (κ1) is 24.3. The molecule has 1 aromatic heterocycles. The molecule has 0 saturated carbocycles. The number of nitrogens with zero attached hydrogens (tertiary/aromatic N) is 1. The maximum atomic E-state index is 12.9. The van der Waals surface area contributed by atoms with Crippen LogP contribution in [0.25, 0.3) is 0 Å². The third kappa shape index (κ3) is 5.49. The quantitative estimate of drug-likeness (QED) is 0.451. The Balaban J connectivity index is 1.69. The van der Waals surface area contributed by atoms with E-state index >= 15 is 0 Å². The minimum Gasteiger partial charge on any atom is -0.497 e. The lowest BCUT2D eigenvalue weighted by Crippen LogP contribution is -2.56. The van der Waals surface area contributed by atoms with Crippen molar-refractivity contribution in [3.63, 3.8) is 0 Å². The summed E-state index contributed by atoms with van der Waals surface area (Å²) in [6, 6.07) is 20.8. The molecule has 0 radical (unpaired) electrons. The Kier molecular flexibility index (Phi) is 7.72. The number of thiophene rings is 1. The average Bonchev–Trinajstić information content (AvgIpc) is 3.43. The fraction of sp³-hybridized carbons (Fsp3) is 0.259. The molecule has 0 saturated heterocycles. The van der Waals surface area contributed by atoms with Crippen molar-refractivity contribution in [2.24, 2.45) is 5.92 Å². The number of benzene rings is 2. The minimum atomic E-state index is -0.571. The van der Waals surface area contributed by atoms with Gasteiger partial charge in [0, 0.05) is 22.4 Å². The van der Waals surface area contributed by atoms with Crippen LogP contribution in [0.4, 0.5) is 10.5 Å². The van der Waals surface area contributed by atoms with E-state index in [1.807, 2.05) is 85.1 Å². The number of alkyl carbamates (subject to hydrolysis) is 1. The molecule has 3 aromatic rings. The molecule has 0 spiro atoms. The highest BCUT2D eigenvalue weighted by molar-refractivity contribution is 7.10. The zero-order valence-electron chi connectivity index (χ0n) is 19.8. The molecule has 1 aliphatic heterocycles. The van der Waals surface area contributed by atoms with Crippen LogP contribution in [0.5, 0.6) is 5.75 Å². The lowest BCUT2D eigenvalue weighted by Gasteiger charge is -2.43. The smallest absolute Gasteiger partial charge is 0.409 e. The lowest BCUT2D eigenvalue weighted by molar-refractivity contribution is -0.136. The van der Waals surface area contributed by atoms with Gasteiger partial charge in [-0.3, -0.25) is 0 Å². The molecule has 0 fully saturated rings. The van der Waals surface area contributed by atoms with Crippen molar-refractivity contribution in [2.45, 2.75) is 25.6 Å². The first-order valence-corrected chi connectivity index (χ1v) is 12.1. The van der Waals surface area contributed by atoms with Gasteiger partial charge in [-0.1, -0.05) is 43.3 Å². The zero-order valence-corrected chi connectivity index (χ0v) is 20.7. The molecule has 0 unspecified atom stereocenters. The van der Waals surface area contributed by atoms with Gasteiger partial charge in [-0.2, -0.15) is 0 Å². The number of esters is 1. The maximum Gasteiger partial charge on any atom is 0.409 e. The number of amides is 1. The highest BCUT2D eigenvalue weighted by Crippen LogP contribution is 2.41. The van der Waals surface area contributed by atoms with Gasteiger partial charge in [0.25, 0.3) is 0 Å². The molecule has 7 nitrogen and oxygen atoms in total. The van der Waals surface area contributed by atoms with Gasteiger partial charge >= 0.3 is 12.1 Å². The van der Waals surface area contributed by atoms with Crippen LogP contribution in [0.15, 0.2) is 83.9 Å². The number of hydrogen-bond donors (Lipinski definition) is 1. The highest BCUT2D eigenvalue weighted by atomic mass is 32.1. The van der Waals surface area contributed by atoms with Gasteiger partial charge < -0.3 is 24.4 Å². The molecular weight excluding hydrogens is 464 g/mol. The molecule has 3 atom stereocenters. The van der Waals surface area contributed by atoms with Gasteiger partial charge in [0.1, 0.15) is 24.2 Å². The summed E-state index contributed by atoms with van der Waals surface area (Å²) in [7, 11) is 2.95. The molecule has 0 aliphatic carbocycles. The maximum absolute atomic E-state index is 12.9. The summed E-state index contributed by atoms with van der Waals surface area (Å²) in [6.07, 6.45) is 0.776. The van der Waals surface area contributed by atoms with E-state index in [2.05, 4.69) is 5.32 Å². The Hall–Kier alpha value is -3.78. The van der Waals surface area contributed by atoms with Gasteiger partial charge in [0.15, 0.2) is 0 Å². The molecule has 1 N–H and O–H groups in total. The lowest BCUT2D eigenvalue weighted by atomic mass is 9.84. The van der Waals surface area contributed by atoms with E-state index in [-0.39, 0.29) is 18.4 Å². The molecule has 182 valence electrons. The highest BCUT2D eigenvalue weighted by Gasteiger charge is 2.41. The second-order valence-electron chi connectivity index (χ2n) is 8.16. The summed E-state index contributed by atoms with van der Waals surface area (Å²) in [5, 5.41) is 5.01. The largest absolute Gasteiger partial charge is 0.497 e. The van der Waals surface area contributed by atoms with Crippen molar-refractivity contribution < 1.29 is 23.8 Å². The van der Waals surface area contributed by atoms with Gasteiger partial charge in [0.05, 0.1) is 14.2 Å². The second kappa shape index (κ2) is 11.1. The molecule has 8 heteroatoms. The number of carbonyl (C=O) groups excluding carboxylic acids is 2. The normalized spacial score (nSPS) is 19.5. The first-order valence-electron chi connectivity index (χ1n) is 11.3. The van der Waals surface area contributed by atoms with Crippen molar-refractivity contribution in [1.29, 1.82) is 0 Å². The molecule has 2 heterocycles. The number of allylic oxidation sites excluding steroid dienone is 1. The summed E-state index contributed by atoms with van der Waals surface area (Å²) in [6.45, 7) is 2.19. The van der Waals surface area contributed by atoms with Crippen LogP contribution >= 0.6 is 11.3 Å². The van der Waals surface area contributed by atoms with Crippen molar-refractivity contribution in [3.05, 3.63) is 94.3 Å². The Morgan fingerprint density at radius 2 is 1.74 bits per heavy atom. The van der Waals surface area contributed by atoms with Crippen LogP contribution in [-0.2, 0) is 20.9 Å². The number of methoxy groups -OCH3 is 2. The predicted octanol–water partition coefficient (Wildman–Crippen LogP) is 5.31. The third-order valence-electron chi connectivity index (χ3n) is 6.03. The van der Waals surface area contributed by atoms with E-state index in [9.17, 15) is 9.59 Å². The van der Waals surface area contributed by atoms with Crippen molar-refractivity contribution in [3.8, 4) is 5.75 Å². The molecule has 1 aliphatic rings. The zero-order chi connectivity index (χ0) is 24.8. The second-order valence-corrected chi connectivity index (χ2v) is 9.14. The van der Waals surface area contributed by atoms with E-state index in [1.165, 1.54) is 7.11 Å². The molecular formula is C27H28N2O5S. The molecule has 1 amide bonds. The van der Waals surface area contributed by atoms with Gasteiger partial charge in [-0.05, 0) is 47.4 Å². The van der Waals surface area contributed by atoms with Crippen LogP contribution in [-0.4, -0.2) is 32.4 Å². The SMILES string of the molecule is COC(=O)C1=C[C@H](c2cccs2)[C@@H](C)[C@H](NC(=O)OCc2ccccc2)N1c1ccc(OC)cc1. The number of nitrogens with one attached hydrogen (secondary N) is 1. The topological polar surface area (TPSA) is 77.1 Å². The number of anilines is 1. The molecule has 0 bridgehead atoms. The first-order chi connectivity index (χ1) is 17.0. The molecule has 35 heavy (non-hydrogen) atoms. The summed E-state index contributed by atoms with van der Waals surface area (Å²) in [4.78, 5) is 28.8. The van der Waals surface area contributed by atoms with E-state index < -0.39 is 18.2 Å². The van der Waals surface area contributed by atoms with Crippen LogP contribution in [0.2, 0.25) is 0 Å². The monoisotopic (exact) mass is 492 g/mol. The van der Waals surface area contributed by atoms with E-state index in [0.29, 0.717) is 17.1 Å². The number of ether oxygens (including phenoxy) is 3. The number of hydrogen-bond acceptors (Lipinski definition) is 7. The Morgan fingerprint density at radius 3 is 2.37 bits per heavy atom. The Bertz CT molecular complexity index is 1160. The van der Waals surface area contributed by atoms with E-state index in [0.717, 1.165) is 10.4 Å². The Morgan fingerprint density at radius 1 is 1.00 bits per heavy atom. The fourth-order valence-electron chi connectivity index (χ4n) is 4.20. The summed E-state index contributed by atoms with van der Waals surface area (Å²) in [5.74, 6) is 0.0100. The molecule has 4 rings (SSSR count). The van der Waals surface area contributed by atoms with E-state index in [4.69, 9.17) is 14.2 Å². The summed E-state index contributed by atoms with van der Waals surface area (Å²) in [5.41, 5.74) is 1.95. The fourth-order valence-corrected chi connectivity index (χ4v) is 5.11. The third-order valence-corrected chi connectivity index (χ3v) is 7.01. The minimum absolute atomic E-state index is 0.0894. The van der Waals surface area contributed by atoms with Crippen LogP contribution in [0.1, 0.15) is 23.3 Å². The average molecular weight is 493 g/mol. The summed E-state index contributed by atoms with van der Waals surface area (Å²) < 4.78 is 15.9. The molecule has 2 aromatic carbocycles. The van der Waals surface area contributed by atoms with Crippen LogP contribution in [0, 0.1) is 5.92 Å². The standard InChI is InChI=1S/C27H28N2O5S/c1-18-22(24-10-7-15-35-24)16-23(26(30)33-3)29(20-11-13-21(32-2)14-12-20)25(18)28-27(31)34-17-19-8-5-4-6-9-19/h4-16,18,22,25H,17H2,1-3H3,(H,28,31)/t18-,22+,25-/m1/s1. The Labute approximate surface area is 208 Å². The number of carbonyl (C=O) groups is 2. The van der Waals surface area contributed by atoms with Gasteiger partial charge in [0.2, 0.25) is 0 Å².